The molecule has 5 rings (SSSR count). The number of anilines is 2. The lowest BCUT2D eigenvalue weighted by molar-refractivity contribution is -0.114. The highest BCUT2D eigenvalue weighted by Crippen LogP contribution is 2.32. The molecule has 2 N–H and O–H groups in total. The number of para-hydroxylation sites is 2. The van der Waals surface area contributed by atoms with Crippen LogP contribution >= 0.6 is 46.2 Å². The predicted molar refractivity (Wildman–Crippen MR) is 144 cm³/mol. The molecule has 5 aromatic rings. The molecule has 0 fully saturated rings. The van der Waals surface area contributed by atoms with Gasteiger partial charge in [0.2, 0.25) is 11.8 Å². The molecule has 0 aliphatic carbocycles. The maximum atomic E-state index is 13.7. The molecule has 0 unspecified atom stereocenters. The van der Waals surface area contributed by atoms with Crippen LogP contribution in [0.3, 0.4) is 0 Å². The van der Waals surface area contributed by atoms with Crippen molar-refractivity contribution in [2.45, 2.75) is 8.68 Å². The van der Waals surface area contributed by atoms with Gasteiger partial charge < -0.3 is 10.6 Å². The Kier molecular flexibility index (Phi) is 7.28. The Labute approximate surface area is 216 Å². The fourth-order valence-corrected chi connectivity index (χ4v) is 6.93. The molecule has 176 valence electrons. The van der Waals surface area contributed by atoms with Crippen molar-refractivity contribution in [3.63, 3.8) is 0 Å². The van der Waals surface area contributed by atoms with Gasteiger partial charge in [-0.2, -0.15) is 0 Å². The van der Waals surface area contributed by atoms with Gasteiger partial charge in [-0.15, -0.1) is 22.7 Å². The maximum Gasteiger partial charge on any atom is 0.234 e. The van der Waals surface area contributed by atoms with Crippen LogP contribution in [0.5, 0.6) is 0 Å². The number of amides is 2. The van der Waals surface area contributed by atoms with Crippen LogP contribution in [0.25, 0.3) is 20.4 Å². The molecule has 0 bridgehead atoms. The number of thioether (sulfide) groups is 2. The number of thiazole rings is 2. The fourth-order valence-electron chi connectivity index (χ4n) is 3.16. The Hall–Kier alpha value is -2.99. The number of hydrogen-bond acceptors (Lipinski definition) is 8. The van der Waals surface area contributed by atoms with Crippen molar-refractivity contribution in [3.8, 4) is 0 Å². The summed E-state index contributed by atoms with van der Waals surface area (Å²) in [4.78, 5) is 33.7. The summed E-state index contributed by atoms with van der Waals surface area (Å²) in [5, 5.41) is 5.48. The predicted octanol–water partition coefficient (Wildman–Crippen LogP) is 6.51. The molecule has 6 nitrogen and oxygen atoms in total. The van der Waals surface area contributed by atoms with E-state index < -0.39 is 5.82 Å². The summed E-state index contributed by atoms with van der Waals surface area (Å²) in [5.41, 5.74) is 2.57. The van der Waals surface area contributed by atoms with E-state index in [1.54, 1.807) is 23.5 Å². The quantitative estimate of drug-likeness (QED) is 0.218. The zero-order chi connectivity index (χ0) is 24.2. The van der Waals surface area contributed by atoms with Crippen molar-refractivity contribution in [1.29, 1.82) is 0 Å². The van der Waals surface area contributed by atoms with Crippen LogP contribution < -0.4 is 10.6 Å². The fraction of sp³-hybridized carbons (Fsp3) is 0.0833. The van der Waals surface area contributed by atoms with E-state index >= 15 is 0 Å². The molecule has 0 aliphatic heterocycles. The first-order chi connectivity index (χ1) is 17.0. The summed E-state index contributed by atoms with van der Waals surface area (Å²) >= 11 is 5.70. The summed E-state index contributed by atoms with van der Waals surface area (Å²) in [6.07, 6.45) is 0. The van der Waals surface area contributed by atoms with E-state index in [4.69, 9.17) is 0 Å². The lowest BCUT2D eigenvalue weighted by atomic mass is 10.3. The normalized spacial score (nSPS) is 11.1. The molecule has 35 heavy (non-hydrogen) atoms. The number of halogens is 1. The lowest BCUT2D eigenvalue weighted by Gasteiger charge is -2.04. The largest absolute Gasteiger partial charge is 0.325 e. The van der Waals surface area contributed by atoms with E-state index in [0.717, 1.165) is 29.1 Å². The summed E-state index contributed by atoms with van der Waals surface area (Å²) in [6.45, 7) is 0. The SMILES string of the molecule is O=C(CSc1nc2ccccc2s1)Nc1ccc2nc(SCC(=O)Nc3ccccc3F)sc2c1. The summed E-state index contributed by atoms with van der Waals surface area (Å²) in [6, 6.07) is 19.5. The van der Waals surface area contributed by atoms with Crippen molar-refractivity contribution < 1.29 is 14.0 Å². The van der Waals surface area contributed by atoms with Crippen LogP contribution in [0.1, 0.15) is 0 Å². The summed E-state index contributed by atoms with van der Waals surface area (Å²) in [5.74, 6) is -0.520. The molecule has 0 saturated heterocycles. The van der Waals surface area contributed by atoms with Crippen molar-refractivity contribution in [2.75, 3.05) is 22.1 Å². The number of benzene rings is 3. The van der Waals surface area contributed by atoms with Crippen molar-refractivity contribution in [3.05, 3.63) is 72.5 Å². The van der Waals surface area contributed by atoms with Crippen molar-refractivity contribution >= 4 is 89.8 Å². The third-order valence-electron chi connectivity index (χ3n) is 4.73. The smallest absolute Gasteiger partial charge is 0.234 e. The molecule has 2 aromatic heterocycles. The highest BCUT2D eigenvalue weighted by molar-refractivity contribution is 8.02. The molecular formula is C24H17FN4O2S4. The van der Waals surface area contributed by atoms with Gasteiger partial charge >= 0.3 is 0 Å². The Morgan fingerprint density at radius 2 is 1.40 bits per heavy atom. The summed E-state index contributed by atoms with van der Waals surface area (Å²) < 4.78 is 17.3. The first-order valence-corrected chi connectivity index (χ1v) is 14.0. The number of hydrogen-bond donors (Lipinski definition) is 2. The standard InChI is InChI=1S/C24H17FN4O2S4/c25-15-5-1-2-6-16(15)27-22(31)13-33-24-29-18-10-9-14(11-20(18)35-24)26-21(30)12-32-23-28-17-7-3-4-8-19(17)34-23/h1-11H,12-13H2,(H,26,30)(H,27,31). The number of nitrogens with zero attached hydrogens (tertiary/aromatic N) is 2. The number of aromatic nitrogens is 2. The third kappa shape index (κ3) is 5.99. The molecule has 3 aromatic carbocycles. The van der Waals surface area contributed by atoms with Gasteiger partial charge in [0.25, 0.3) is 0 Å². The van der Waals surface area contributed by atoms with E-state index in [9.17, 15) is 14.0 Å². The third-order valence-corrected chi connectivity index (χ3v) is 9.07. The van der Waals surface area contributed by atoms with Crippen LogP contribution in [0.4, 0.5) is 15.8 Å². The minimum Gasteiger partial charge on any atom is -0.325 e. The molecule has 0 spiro atoms. The zero-order valence-corrected chi connectivity index (χ0v) is 21.3. The van der Waals surface area contributed by atoms with E-state index in [1.165, 1.54) is 47.0 Å². The molecule has 0 atom stereocenters. The molecule has 0 aliphatic rings. The topological polar surface area (TPSA) is 84.0 Å². The van der Waals surface area contributed by atoms with E-state index in [2.05, 4.69) is 20.6 Å². The Bertz CT molecular complexity index is 1500. The Balaban J connectivity index is 1.15. The second-order valence-electron chi connectivity index (χ2n) is 7.26. The van der Waals surface area contributed by atoms with Gasteiger partial charge in [-0.25, -0.2) is 14.4 Å². The Morgan fingerprint density at radius 1 is 0.771 bits per heavy atom. The number of fused-ring (bicyclic) bond motifs is 2. The van der Waals surface area contributed by atoms with Crippen LogP contribution in [-0.4, -0.2) is 33.3 Å². The van der Waals surface area contributed by atoms with Gasteiger partial charge in [-0.1, -0.05) is 47.8 Å². The van der Waals surface area contributed by atoms with Gasteiger partial charge in [0.1, 0.15) is 5.82 Å². The van der Waals surface area contributed by atoms with Crippen LogP contribution in [0.15, 0.2) is 75.4 Å². The molecule has 11 heteroatoms. The van der Waals surface area contributed by atoms with Gasteiger partial charge in [0.05, 0.1) is 37.6 Å². The van der Waals surface area contributed by atoms with E-state index in [1.807, 2.05) is 42.5 Å². The molecule has 2 heterocycles. The summed E-state index contributed by atoms with van der Waals surface area (Å²) in [7, 11) is 0. The van der Waals surface area contributed by atoms with Crippen molar-refractivity contribution in [2.24, 2.45) is 0 Å². The highest BCUT2D eigenvalue weighted by Gasteiger charge is 2.12. The number of carbonyl (C=O) groups excluding carboxylic acids is 2. The maximum absolute atomic E-state index is 13.7. The van der Waals surface area contributed by atoms with E-state index in [0.29, 0.717) is 5.69 Å². The zero-order valence-electron chi connectivity index (χ0n) is 18.0. The lowest BCUT2D eigenvalue weighted by Crippen LogP contribution is -2.14. The molecule has 0 radical (unpaired) electrons. The van der Waals surface area contributed by atoms with Crippen molar-refractivity contribution in [1.82, 2.24) is 9.97 Å². The van der Waals surface area contributed by atoms with E-state index in [-0.39, 0.29) is 29.0 Å². The number of carbonyl (C=O) groups is 2. The second kappa shape index (κ2) is 10.7. The molecule has 2 amide bonds. The minimum atomic E-state index is -0.473. The van der Waals surface area contributed by atoms with Gasteiger partial charge in [0.15, 0.2) is 8.68 Å². The average molecular weight is 541 g/mol. The highest BCUT2D eigenvalue weighted by atomic mass is 32.2. The first-order valence-electron chi connectivity index (χ1n) is 10.4. The van der Waals surface area contributed by atoms with Crippen LogP contribution in [0, 0.1) is 5.82 Å². The second-order valence-corrected chi connectivity index (χ2v) is 11.8. The molecule has 0 saturated carbocycles. The van der Waals surface area contributed by atoms with Gasteiger partial charge in [-0.3, -0.25) is 9.59 Å². The number of nitrogens with one attached hydrogen (secondary N) is 2. The van der Waals surface area contributed by atoms with Gasteiger partial charge in [-0.05, 0) is 42.5 Å². The monoisotopic (exact) mass is 540 g/mol. The molecular weight excluding hydrogens is 524 g/mol. The van der Waals surface area contributed by atoms with Crippen LogP contribution in [0.2, 0.25) is 0 Å². The average Bonchev–Trinajstić information content (AvgIpc) is 3.46. The minimum absolute atomic E-state index is 0.112. The van der Waals surface area contributed by atoms with Gasteiger partial charge in [0, 0.05) is 5.69 Å². The Morgan fingerprint density at radius 3 is 2.14 bits per heavy atom. The first kappa shape index (κ1) is 23.7. The number of rotatable bonds is 8. The van der Waals surface area contributed by atoms with Crippen LogP contribution in [-0.2, 0) is 9.59 Å².